The van der Waals surface area contributed by atoms with Crippen molar-refractivity contribution >= 4 is 22.2 Å². The third-order valence-corrected chi connectivity index (χ3v) is 7.69. The highest BCUT2D eigenvalue weighted by Crippen LogP contribution is 2.41. The van der Waals surface area contributed by atoms with E-state index in [1.165, 1.54) is 32.6 Å². The summed E-state index contributed by atoms with van der Waals surface area (Å²) >= 11 is 1.77. The molecule has 3 aromatic heterocycles. The molecule has 6 heteroatoms. The molecule has 5 heterocycles. The molecule has 30 heavy (non-hydrogen) atoms. The number of fused-ring (bicyclic) bond motifs is 3. The Morgan fingerprint density at radius 1 is 1.13 bits per heavy atom. The average molecular weight is 419 g/mol. The topological polar surface area (TPSA) is 65.7 Å². The van der Waals surface area contributed by atoms with Gasteiger partial charge in [-0.3, -0.25) is 5.32 Å². The van der Waals surface area contributed by atoms with Crippen LogP contribution in [0.2, 0.25) is 0 Å². The van der Waals surface area contributed by atoms with Crippen LogP contribution in [0, 0.1) is 12.8 Å². The number of aromatic nitrogens is 3. The summed E-state index contributed by atoms with van der Waals surface area (Å²) in [6, 6.07) is 11.4. The first-order chi connectivity index (χ1) is 14.8. The summed E-state index contributed by atoms with van der Waals surface area (Å²) in [6.45, 7) is 3.84. The Labute approximate surface area is 179 Å². The number of aryl methyl sites for hydroxylation is 1. The summed E-state index contributed by atoms with van der Waals surface area (Å²) in [6.07, 6.45) is 5.11. The lowest BCUT2D eigenvalue weighted by molar-refractivity contribution is 0.0497. The number of hydrogen-bond acceptors (Lipinski definition) is 4. The number of para-hydroxylation sites is 1. The molecule has 0 spiro atoms. The third-order valence-electron chi connectivity index (χ3n) is 6.61. The number of hydrogen-bond donors (Lipinski definition) is 3. The first-order valence-electron chi connectivity index (χ1n) is 10.8. The van der Waals surface area contributed by atoms with Crippen LogP contribution in [-0.2, 0) is 11.2 Å². The van der Waals surface area contributed by atoms with Gasteiger partial charge in [-0.2, -0.15) is 0 Å². The zero-order chi connectivity index (χ0) is 20.1. The van der Waals surface area contributed by atoms with Gasteiger partial charge < -0.3 is 14.7 Å². The molecule has 0 bridgehead atoms. The lowest BCUT2D eigenvalue weighted by atomic mass is 9.83. The van der Waals surface area contributed by atoms with E-state index in [0.29, 0.717) is 12.0 Å². The molecule has 0 saturated carbocycles. The molecule has 4 aromatic rings. The van der Waals surface area contributed by atoms with Crippen molar-refractivity contribution in [3.63, 3.8) is 0 Å². The zero-order valence-electron chi connectivity index (χ0n) is 17.1. The molecule has 3 N–H and O–H groups in total. The number of thiophene rings is 1. The molecule has 2 aliphatic rings. The van der Waals surface area contributed by atoms with Gasteiger partial charge in [0.05, 0.1) is 28.9 Å². The minimum atomic E-state index is 0.180. The van der Waals surface area contributed by atoms with E-state index in [1.807, 2.05) is 6.20 Å². The second-order valence-corrected chi connectivity index (χ2v) is 9.50. The lowest BCUT2D eigenvalue weighted by Gasteiger charge is -2.37. The molecule has 1 saturated heterocycles. The Kier molecular flexibility index (Phi) is 4.52. The Morgan fingerprint density at radius 3 is 2.83 bits per heavy atom. The highest BCUT2D eigenvalue weighted by Gasteiger charge is 2.36. The van der Waals surface area contributed by atoms with Gasteiger partial charge in [-0.15, -0.1) is 11.3 Å². The summed E-state index contributed by atoms with van der Waals surface area (Å²) in [7, 11) is 0. The number of nitrogens with one attached hydrogen (secondary N) is 3. The van der Waals surface area contributed by atoms with Crippen LogP contribution in [-0.4, -0.2) is 28.2 Å². The first kappa shape index (κ1) is 18.4. The minimum absolute atomic E-state index is 0.180. The van der Waals surface area contributed by atoms with E-state index in [4.69, 9.17) is 9.72 Å². The molecule has 6 rings (SSSR count). The second-order valence-electron chi connectivity index (χ2n) is 8.58. The number of rotatable bonds is 3. The van der Waals surface area contributed by atoms with Crippen molar-refractivity contribution in [2.24, 2.45) is 5.92 Å². The molecule has 0 radical (unpaired) electrons. The molecule has 1 aromatic carbocycles. The Hall–Kier alpha value is -2.41. The fourth-order valence-corrected chi connectivity index (χ4v) is 5.94. The number of aromatic amines is 2. The fourth-order valence-electron chi connectivity index (χ4n) is 5.08. The highest BCUT2D eigenvalue weighted by atomic mass is 32.1. The van der Waals surface area contributed by atoms with Crippen LogP contribution in [0.25, 0.3) is 21.5 Å². The van der Waals surface area contributed by atoms with Gasteiger partial charge in [-0.05, 0) is 60.7 Å². The molecule has 0 aliphatic carbocycles. The van der Waals surface area contributed by atoms with Crippen molar-refractivity contribution in [1.82, 2.24) is 20.3 Å². The van der Waals surface area contributed by atoms with Crippen LogP contribution in [0.3, 0.4) is 0 Å². The normalized spacial score (nSPS) is 22.4. The van der Waals surface area contributed by atoms with E-state index < -0.39 is 0 Å². The first-order valence-corrected chi connectivity index (χ1v) is 11.7. The summed E-state index contributed by atoms with van der Waals surface area (Å²) in [5, 5.41) is 7.48. The van der Waals surface area contributed by atoms with E-state index in [-0.39, 0.29) is 6.04 Å². The van der Waals surface area contributed by atoms with E-state index >= 15 is 0 Å². The molecule has 1 fully saturated rings. The highest BCUT2D eigenvalue weighted by molar-refractivity contribution is 7.13. The van der Waals surface area contributed by atoms with E-state index in [1.54, 1.807) is 11.3 Å². The maximum atomic E-state index is 5.65. The van der Waals surface area contributed by atoms with E-state index in [0.717, 1.165) is 44.0 Å². The van der Waals surface area contributed by atoms with Gasteiger partial charge in [-0.25, -0.2) is 4.98 Å². The minimum Gasteiger partial charge on any atom is -0.381 e. The number of imidazole rings is 1. The van der Waals surface area contributed by atoms with Gasteiger partial charge in [0.15, 0.2) is 0 Å². The molecule has 2 aliphatic heterocycles. The van der Waals surface area contributed by atoms with Crippen LogP contribution >= 0.6 is 11.3 Å². The van der Waals surface area contributed by atoms with E-state index in [2.05, 4.69) is 57.9 Å². The van der Waals surface area contributed by atoms with Crippen LogP contribution < -0.4 is 5.32 Å². The van der Waals surface area contributed by atoms with Gasteiger partial charge in [0, 0.05) is 29.8 Å². The average Bonchev–Trinajstić information content (AvgIpc) is 3.51. The number of H-pyrrole nitrogens is 2. The van der Waals surface area contributed by atoms with Crippen LogP contribution in [0.1, 0.15) is 47.6 Å². The number of benzene rings is 1. The molecule has 5 nitrogen and oxygen atoms in total. The van der Waals surface area contributed by atoms with Gasteiger partial charge in [0.2, 0.25) is 0 Å². The van der Waals surface area contributed by atoms with Gasteiger partial charge in [0.25, 0.3) is 0 Å². The quantitative estimate of drug-likeness (QED) is 0.424. The Morgan fingerprint density at radius 2 is 2.00 bits per heavy atom. The standard InChI is InChI=1S/C24H26N4OS/c1-14-10-21(30-13-14)20-12-25-24(28-20)19-11-17-16-4-2-3-5-18(16)26-23(17)22(27-19)15-6-8-29-9-7-15/h2-5,10,12-13,15,19,22,26-27H,6-9,11H2,1H3,(H,25,28)/t19-,22-/m1/s1. The largest absolute Gasteiger partial charge is 0.381 e. The van der Waals surface area contributed by atoms with Crippen molar-refractivity contribution < 1.29 is 4.74 Å². The van der Waals surface area contributed by atoms with Crippen LogP contribution in [0.4, 0.5) is 0 Å². The molecular formula is C24H26N4OS. The molecule has 154 valence electrons. The van der Waals surface area contributed by atoms with Crippen molar-refractivity contribution in [2.45, 2.75) is 38.3 Å². The number of ether oxygens (including phenoxy) is 1. The summed E-state index contributed by atoms with van der Waals surface area (Å²) in [5.41, 5.74) is 6.44. The van der Waals surface area contributed by atoms with Crippen LogP contribution in [0.15, 0.2) is 41.9 Å². The molecule has 2 atom stereocenters. The van der Waals surface area contributed by atoms with Crippen LogP contribution in [0.5, 0.6) is 0 Å². The SMILES string of the molecule is Cc1csc(-c2cnc([C@H]3Cc4c([nH]c5ccccc45)[C@@H](C4CCOCC4)N3)[nH]2)c1. The van der Waals surface area contributed by atoms with Crippen molar-refractivity contribution in [1.29, 1.82) is 0 Å². The zero-order valence-corrected chi connectivity index (χ0v) is 17.9. The smallest absolute Gasteiger partial charge is 0.124 e. The molecular weight excluding hydrogens is 392 g/mol. The molecule has 0 unspecified atom stereocenters. The predicted octanol–water partition coefficient (Wildman–Crippen LogP) is 5.28. The van der Waals surface area contributed by atoms with Gasteiger partial charge >= 0.3 is 0 Å². The number of nitrogens with zero attached hydrogens (tertiary/aromatic N) is 1. The lowest BCUT2D eigenvalue weighted by Crippen LogP contribution is -2.39. The maximum absolute atomic E-state index is 5.65. The Balaban J connectivity index is 1.39. The van der Waals surface area contributed by atoms with Crippen molar-refractivity contribution in [2.75, 3.05) is 13.2 Å². The summed E-state index contributed by atoms with van der Waals surface area (Å²) in [5.74, 6) is 1.60. The van der Waals surface area contributed by atoms with E-state index in [9.17, 15) is 0 Å². The fraction of sp³-hybridized carbons (Fsp3) is 0.375. The van der Waals surface area contributed by atoms with Gasteiger partial charge in [-0.1, -0.05) is 18.2 Å². The van der Waals surface area contributed by atoms with Gasteiger partial charge in [0.1, 0.15) is 5.82 Å². The summed E-state index contributed by atoms with van der Waals surface area (Å²) in [4.78, 5) is 13.4. The Bertz CT molecular complexity index is 1180. The monoisotopic (exact) mass is 418 g/mol. The predicted molar refractivity (Wildman–Crippen MR) is 121 cm³/mol. The van der Waals surface area contributed by atoms with Crippen molar-refractivity contribution in [3.05, 3.63) is 64.6 Å². The second kappa shape index (κ2) is 7.38. The molecule has 0 amide bonds. The van der Waals surface area contributed by atoms with Crippen molar-refractivity contribution in [3.8, 4) is 10.6 Å². The maximum Gasteiger partial charge on any atom is 0.124 e. The summed E-state index contributed by atoms with van der Waals surface area (Å²) < 4.78 is 5.65. The third kappa shape index (κ3) is 3.11.